The Morgan fingerprint density at radius 3 is 0.700 bits per heavy atom. The smallest absolute Gasteiger partial charge is 0.545 e. The molecule has 0 atom stereocenters. The molecular weight excluding hydrogens is 567 g/mol. The highest BCUT2D eigenvalue weighted by atomic mass is 27.3. The van der Waals surface area contributed by atoms with Crippen LogP contribution in [0.5, 0.6) is 0 Å². The van der Waals surface area contributed by atoms with Gasteiger partial charge in [-0.1, -0.05) is 0 Å². The largest absolute Gasteiger partial charge is 1.20 e. The first kappa shape index (κ1) is 36.7. The predicted molar refractivity (Wildman–Crippen MR) is 121 cm³/mol. The molecule has 0 heterocycles. The van der Waals surface area contributed by atoms with E-state index in [4.69, 9.17) is 0 Å². The molecule has 19 heteroatoms. The Bertz CT molecular complexity index is 932. The van der Waals surface area contributed by atoms with Gasteiger partial charge in [-0.25, -0.2) is 14.4 Å². The van der Waals surface area contributed by atoms with Crippen molar-refractivity contribution in [2.24, 2.45) is 0 Å². The van der Waals surface area contributed by atoms with Crippen molar-refractivity contribution >= 4 is 67.8 Å². The van der Waals surface area contributed by atoms with Crippen LogP contribution in [0.3, 0.4) is 0 Å². The first-order valence-electron chi connectivity index (χ1n) is 10.6. The van der Waals surface area contributed by atoms with Crippen molar-refractivity contribution < 1.29 is 82.9 Å². The number of methoxy groups -OCH3 is 6. The number of rotatable bonds is 18. The van der Waals surface area contributed by atoms with Crippen LogP contribution in [0.4, 0.5) is 0 Å². The highest BCUT2D eigenvalue weighted by Gasteiger charge is 2.60. The molecule has 18 nitrogen and oxygen atoms in total. The van der Waals surface area contributed by atoms with E-state index in [0.29, 0.717) is 0 Å². The Labute approximate surface area is 231 Å². The fourth-order valence-electron chi connectivity index (χ4n) is 3.05. The van der Waals surface area contributed by atoms with E-state index in [-0.39, 0.29) is 0 Å². The number of hydrogen-bond acceptors (Lipinski definition) is 18. The molecule has 0 spiro atoms. The standard InChI is InChI=1S/3C7H10O6.Al/c3*1-4(8)7(12-2,13-3)5(9)6(10)11;/h3*1-3H3,(H,10,11);/q;;;+3/p-3. The number of carbonyl (C=O) groups is 9. The lowest BCUT2D eigenvalue weighted by atomic mass is 10.1. The maximum absolute atomic E-state index is 12.6. The average Bonchev–Trinajstić information content (AvgIpc) is 2.90. The number of ketones is 6. The monoisotopic (exact) mass is 594 g/mol. The van der Waals surface area contributed by atoms with Gasteiger partial charge in [0.1, 0.15) is 0 Å². The van der Waals surface area contributed by atoms with Gasteiger partial charge in [-0.3, -0.25) is 28.8 Å². The van der Waals surface area contributed by atoms with E-state index in [9.17, 15) is 43.2 Å². The van der Waals surface area contributed by atoms with Crippen LogP contribution in [0.15, 0.2) is 0 Å². The number of Topliss-reactive ketones (excluding diaryl/α,β-unsaturated/α-hetero) is 6. The number of carbonyl (C=O) groups excluding carboxylic acids is 9. The van der Waals surface area contributed by atoms with Crippen LogP contribution in [0, 0.1) is 0 Å². The highest BCUT2D eigenvalue weighted by molar-refractivity contribution is 6.57. The summed E-state index contributed by atoms with van der Waals surface area (Å²) in [6.45, 7) is 2.41. The van der Waals surface area contributed by atoms with E-state index in [2.05, 4.69) is 39.8 Å². The van der Waals surface area contributed by atoms with Crippen LogP contribution >= 0.6 is 0 Å². The third-order valence-corrected chi connectivity index (χ3v) is 6.40. The van der Waals surface area contributed by atoms with E-state index in [0.717, 1.165) is 63.4 Å². The lowest BCUT2D eigenvalue weighted by Crippen LogP contribution is -2.56. The van der Waals surface area contributed by atoms with E-state index in [1.807, 2.05) is 0 Å². The molecule has 222 valence electrons. The molecule has 0 aromatic rings. The molecule has 0 amide bonds. The molecule has 0 N–H and O–H groups in total. The van der Waals surface area contributed by atoms with Crippen LogP contribution in [0.2, 0.25) is 0 Å². The van der Waals surface area contributed by atoms with Crippen molar-refractivity contribution in [1.29, 1.82) is 0 Å². The fraction of sp³-hybridized carbons (Fsp3) is 0.571. The Balaban J connectivity index is 6.52. The highest BCUT2D eigenvalue weighted by Crippen LogP contribution is 2.19. The lowest BCUT2D eigenvalue weighted by Gasteiger charge is -2.27. The van der Waals surface area contributed by atoms with Crippen LogP contribution in [0.25, 0.3) is 0 Å². The SMILES string of the molecule is COC(OC)(C(C)=O)C(=O)C(=O)[O][Al]([O]C(=O)C(=O)C(OC)(OC)C(C)=O)[O]C(=O)C(=O)C(OC)(OC)C(C)=O. The van der Waals surface area contributed by atoms with E-state index in [1.54, 1.807) is 0 Å². The average molecular weight is 594 g/mol. The van der Waals surface area contributed by atoms with Crippen LogP contribution < -0.4 is 0 Å². The summed E-state index contributed by atoms with van der Waals surface area (Å²) in [5.41, 5.74) is 0. The van der Waals surface area contributed by atoms with Crippen molar-refractivity contribution in [1.82, 2.24) is 0 Å². The minimum Gasteiger partial charge on any atom is -0.545 e. The molecule has 0 fully saturated rings. The van der Waals surface area contributed by atoms with Gasteiger partial charge in [-0.15, -0.1) is 0 Å². The number of ether oxygens (including phenoxy) is 6. The van der Waals surface area contributed by atoms with Gasteiger partial charge >= 0.3 is 67.8 Å². The minimum absolute atomic E-state index is 0.804. The lowest BCUT2D eigenvalue weighted by molar-refractivity contribution is -0.210. The summed E-state index contributed by atoms with van der Waals surface area (Å²) >= 11 is -4.83. The topological polar surface area (TPSA) is 237 Å². The molecule has 0 saturated carbocycles. The van der Waals surface area contributed by atoms with Gasteiger partial charge in [-0.05, 0) is 0 Å². The van der Waals surface area contributed by atoms with Crippen molar-refractivity contribution in [2.45, 2.75) is 38.1 Å². The molecule has 0 aliphatic rings. The Morgan fingerprint density at radius 2 is 0.575 bits per heavy atom. The Hall–Kier alpha value is -3.28. The minimum atomic E-state index is -4.83. The van der Waals surface area contributed by atoms with Crippen molar-refractivity contribution in [3.8, 4) is 0 Å². The van der Waals surface area contributed by atoms with Crippen LogP contribution in [-0.2, 0) is 82.9 Å². The molecule has 0 aliphatic carbocycles. The molecular formula is C21H27AlO18. The zero-order valence-corrected chi connectivity index (χ0v) is 24.1. The second kappa shape index (κ2) is 14.9. The summed E-state index contributed by atoms with van der Waals surface area (Å²) in [5, 5.41) is 0. The second-order valence-electron chi connectivity index (χ2n) is 7.24. The molecule has 0 bridgehead atoms. The van der Waals surface area contributed by atoms with Crippen LogP contribution in [-0.4, -0.2) is 128 Å². The van der Waals surface area contributed by atoms with E-state index >= 15 is 0 Å². The summed E-state index contributed by atoms with van der Waals surface area (Å²) in [6.07, 6.45) is 0. The maximum Gasteiger partial charge on any atom is 1.20 e. The van der Waals surface area contributed by atoms with E-state index in [1.165, 1.54) is 0 Å². The summed E-state index contributed by atoms with van der Waals surface area (Å²) < 4.78 is 41.9. The van der Waals surface area contributed by atoms with Crippen molar-refractivity contribution in [2.75, 3.05) is 42.7 Å². The Morgan fingerprint density at radius 1 is 0.400 bits per heavy atom. The number of hydrogen-bond donors (Lipinski definition) is 0. The molecule has 0 aromatic carbocycles. The summed E-state index contributed by atoms with van der Waals surface area (Å²) in [6, 6.07) is 0. The van der Waals surface area contributed by atoms with Gasteiger partial charge in [-0.2, -0.15) is 0 Å². The van der Waals surface area contributed by atoms with Gasteiger partial charge in [0.2, 0.25) is 0 Å². The third kappa shape index (κ3) is 7.07. The normalized spacial score (nSPS) is 11.6. The molecule has 0 saturated heterocycles. The maximum atomic E-state index is 12.6. The molecule has 0 unspecified atom stereocenters. The van der Waals surface area contributed by atoms with Gasteiger partial charge in [0.05, 0.1) is 0 Å². The zero-order valence-electron chi connectivity index (χ0n) is 22.9. The first-order valence-corrected chi connectivity index (χ1v) is 12.0. The molecule has 40 heavy (non-hydrogen) atoms. The molecule has 0 rings (SSSR count). The molecule has 0 radical (unpaired) electrons. The first-order chi connectivity index (χ1) is 18.5. The van der Waals surface area contributed by atoms with Crippen molar-refractivity contribution in [3.63, 3.8) is 0 Å². The van der Waals surface area contributed by atoms with Gasteiger partial charge in [0.25, 0.3) is 0 Å². The summed E-state index contributed by atoms with van der Waals surface area (Å²) in [5.74, 6) is -23.6. The van der Waals surface area contributed by atoms with Crippen molar-refractivity contribution in [3.05, 3.63) is 0 Å². The fourth-order valence-corrected chi connectivity index (χ4v) is 4.04. The van der Waals surface area contributed by atoms with Crippen LogP contribution in [0.1, 0.15) is 20.8 Å². The Kier molecular flexibility index (Phi) is 13.7. The molecule has 0 aliphatic heterocycles. The van der Waals surface area contributed by atoms with Gasteiger partial charge < -0.3 is 39.8 Å². The quantitative estimate of drug-likeness (QED) is 0.0666. The van der Waals surface area contributed by atoms with Gasteiger partial charge in [0.15, 0.2) is 17.3 Å². The predicted octanol–water partition coefficient (Wildman–Crippen LogP) is -2.96. The second-order valence-corrected chi connectivity index (χ2v) is 8.52. The summed E-state index contributed by atoms with van der Waals surface area (Å²) in [7, 11) is 4.89. The van der Waals surface area contributed by atoms with Gasteiger partial charge in [0, 0.05) is 63.4 Å². The third-order valence-electron chi connectivity index (χ3n) is 5.18. The van der Waals surface area contributed by atoms with E-state index < -0.39 is 85.1 Å². The molecule has 0 aromatic heterocycles. The zero-order chi connectivity index (χ0) is 31.6. The summed E-state index contributed by atoms with van der Waals surface area (Å²) in [4.78, 5) is 111.